The monoisotopic (exact) mass is 455 g/mol. The normalized spacial score (nSPS) is 18.3. The van der Waals surface area contributed by atoms with E-state index < -0.39 is 0 Å². The van der Waals surface area contributed by atoms with Gasteiger partial charge in [0.1, 0.15) is 17.4 Å². The van der Waals surface area contributed by atoms with E-state index in [1.165, 1.54) is 0 Å². The van der Waals surface area contributed by atoms with Gasteiger partial charge in [0.15, 0.2) is 0 Å². The number of carbonyl (C=O) groups excluding carboxylic acids is 2. The zero-order valence-electron chi connectivity index (χ0n) is 16.9. The quantitative estimate of drug-likeness (QED) is 0.553. The highest BCUT2D eigenvalue weighted by atomic mass is 35.5. The SMILES string of the molecule is O=C(CCl)N1CCC2(CC1)SCC(=O)N2Cc1ccc(-c2cccc3ncccc23)o1. The van der Waals surface area contributed by atoms with Crippen molar-refractivity contribution in [2.75, 3.05) is 24.7 Å². The molecule has 3 aromatic rings. The van der Waals surface area contributed by atoms with Crippen LogP contribution in [0.5, 0.6) is 0 Å². The molecule has 0 radical (unpaired) electrons. The number of aromatic nitrogens is 1. The Morgan fingerprint density at radius 3 is 2.81 bits per heavy atom. The van der Waals surface area contributed by atoms with Crippen LogP contribution in [-0.4, -0.2) is 56.2 Å². The van der Waals surface area contributed by atoms with Crippen molar-refractivity contribution in [1.82, 2.24) is 14.8 Å². The van der Waals surface area contributed by atoms with Crippen LogP contribution in [0.25, 0.3) is 22.2 Å². The first-order chi connectivity index (χ1) is 15.1. The summed E-state index contributed by atoms with van der Waals surface area (Å²) < 4.78 is 6.19. The van der Waals surface area contributed by atoms with Gasteiger partial charge in [0.25, 0.3) is 0 Å². The molecule has 160 valence electrons. The van der Waals surface area contributed by atoms with Crippen molar-refractivity contribution in [2.24, 2.45) is 0 Å². The van der Waals surface area contributed by atoms with Crippen molar-refractivity contribution in [3.05, 3.63) is 54.4 Å². The summed E-state index contributed by atoms with van der Waals surface area (Å²) in [7, 11) is 0. The Labute approximate surface area is 189 Å². The third-order valence-electron chi connectivity index (χ3n) is 6.16. The van der Waals surface area contributed by atoms with Crippen molar-refractivity contribution in [3.63, 3.8) is 0 Å². The van der Waals surface area contributed by atoms with Gasteiger partial charge in [-0.1, -0.05) is 18.2 Å². The number of benzene rings is 1. The molecule has 0 atom stereocenters. The number of pyridine rings is 1. The molecule has 0 N–H and O–H groups in total. The largest absolute Gasteiger partial charge is 0.459 e. The van der Waals surface area contributed by atoms with E-state index in [9.17, 15) is 9.59 Å². The Hall–Kier alpha value is -2.51. The maximum absolute atomic E-state index is 12.7. The van der Waals surface area contributed by atoms with Gasteiger partial charge >= 0.3 is 0 Å². The first kappa shape index (κ1) is 20.4. The Kier molecular flexibility index (Phi) is 5.40. The summed E-state index contributed by atoms with van der Waals surface area (Å²) in [5.41, 5.74) is 1.91. The van der Waals surface area contributed by atoms with E-state index in [4.69, 9.17) is 16.0 Å². The zero-order chi connectivity index (χ0) is 21.4. The average Bonchev–Trinajstić information content (AvgIpc) is 3.40. The van der Waals surface area contributed by atoms with Crippen LogP contribution in [0.3, 0.4) is 0 Å². The topological polar surface area (TPSA) is 66.7 Å². The minimum atomic E-state index is -0.281. The van der Waals surface area contributed by atoms with Crippen LogP contribution in [0.15, 0.2) is 53.1 Å². The molecular formula is C23H22ClN3O3S. The lowest BCUT2D eigenvalue weighted by Gasteiger charge is -2.43. The fraction of sp³-hybridized carbons (Fsp3) is 0.348. The first-order valence-corrected chi connectivity index (χ1v) is 11.8. The second-order valence-corrected chi connectivity index (χ2v) is 9.48. The molecule has 2 aliphatic heterocycles. The molecule has 2 fully saturated rings. The van der Waals surface area contributed by atoms with Gasteiger partial charge in [0, 0.05) is 30.2 Å². The van der Waals surface area contributed by atoms with E-state index in [1.54, 1.807) is 22.9 Å². The molecule has 0 bridgehead atoms. The molecule has 2 saturated heterocycles. The number of carbonyl (C=O) groups is 2. The number of nitrogens with zero attached hydrogens (tertiary/aromatic N) is 3. The average molecular weight is 456 g/mol. The summed E-state index contributed by atoms with van der Waals surface area (Å²) in [5.74, 6) is 2.06. The van der Waals surface area contributed by atoms with Crippen molar-refractivity contribution in [1.29, 1.82) is 0 Å². The number of hydrogen-bond donors (Lipinski definition) is 0. The smallest absolute Gasteiger partial charge is 0.237 e. The second-order valence-electron chi connectivity index (χ2n) is 7.87. The number of alkyl halides is 1. The van der Waals surface area contributed by atoms with E-state index in [-0.39, 0.29) is 22.6 Å². The van der Waals surface area contributed by atoms with Crippen LogP contribution in [0.2, 0.25) is 0 Å². The molecule has 31 heavy (non-hydrogen) atoms. The summed E-state index contributed by atoms with van der Waals surface area (Å²) in [5, 5.41) is 1.03. The van der Waals surface area contributed by atoms with Crippen molar-refractivity contribution < 1.29 is 14.0 Å². The first-order valence-electron chi connectivity index (χ1n) is 10.3. The number of amides is 2. The lowest BCUT2D eigenvalue weighted by Crippen LogP contribution is -2.52. The highest BCUT2D eigenvalue weighted by Gasteiger charge is 2.48. The number of likely N-dealkylation sites (tertiary alicyclic amines) is 1. The molecule has 2 aromatic heterocycles. The number of furan rings is 1. The number of halogens is 1. The maximum atomic E-state index is 12.7. The van der Waals surface area contributed by atoms with E-state index in [2.05, 4.69) is 4.98 Å². The predicted octanol–water partition coefficient (Wildman–Crippen LogP) is 4.13. The number of rotatable bonds is 4. The molecule has 5 rings (SSSR count). The van der Waals surface area contributed by atoms with Crippen LogP contribution >= 0.6 is 23.4 Å². The fourth-order valence-electron chi connectivity index (χ4n) is 4.50. The fourth-order valence-corrected chi connectivity index (χ4v) is 6.01. The molecule has 0 saturated carbocycles. The maximum Gasteiger partial charge on any atom is 0.237 e. The van der Waals surface area contributed by atoms with Gasteiger partial charge < -0.3 is 14.2 Å². The van der Waals surface area contributed by atoms with E-state index in [1.807, 2.05) is 47.4 Å². The van der Waals surface area contributed by atoms with Gasteiger partial charge in [-0.2, -0.15) is 0 Å². The molecule has 0 unspecified atom stereocenters. The van der Waals surface area contributed by atoms with Gasteiger partial charge in [0.2, 0.25) is 11.8 Å². The van der Waals surface area contributed by atoms with Crippen LogP contribution in [-0.2, 0) is 16.1 Å². The minimum Gasteiger partial charge on any atom is -0.459 e. The van der Waals surface area contributed by atoms with Gasteiger partial charge in [-0.15, -0.1) is 23.4 Å². The van der Waals surface area contributed by atoms with Crippen LogP contribution < -0.4 is 0 Å². The summed E-state index contributed by atoms with van der Waals surface area (Å²) in [4.78, 5) is 32.5. The number of piperidine rings is 1. The zero-order valence-corrected chi connectivity index (χ0v) is 18.5. The third-order valence-corrected chi connectivity index (χ3v) is 7.94. The van der Waals surface area contributed by atoms with Crippen LogP contribution in [0.4, 0.5) is 0 Å². The predicted molar refractivity (Wildman–Crippen MR) is 122 cm³/mol. The Balaban J connectivity index is 1.37. The summed E-state index contributed by atoms with van der Waals surface area (Å²) in [6.45, 7) is 1.67. The van der Waals surface area contributed by atoms with E-state index in [0.717, 1.165) is 40.8 Å². The van der Waals surface area contributed by atoms with Gasteiger partial charge in [-0.3, -0.25) is 14.6 Å². The Morgan fingerprint density at radius 2 is 2.00 bits per heavy atom. The Morgan fingerprint density at radius 1 is 1.16 bits per heavy atom. The highest BCUT2D eigenvalue weighted by Crippen LogP contribution is 2.45. The van der Waals surface area contributed by atoms with Crippen LogP contribution in [0.1, 0.15) is 18.6 Å². The van der Waals surface area contributed by atoms with E-state index in [0.29, 0.717) is 25.4 Å². The standard InChI is InChI=1S/C23H22ClN3O3S/c24-13-21(28)26-11-8-23(9-12-26)27(22(29)15-31-23)14-16-6-7-20(30-16)18-3-1-5-19-17(18)4-2-10-25-19/h1-7,10H,8-9,11-15H2. The number of thioether (sulfide) groups is 1. The van der Waals surface area contributed by atoms with Gasteiger partial charge in [-0.05, 0) is 37.1 Å². The molecule has 2 aliphatic rings. The highest BCUT2D eigenvalue weighted by molar-refractivity contribution is 8.01. The summed E-state index contributed by atoms with van der Waals surface area (Å²) >= 11 is 7.39. The van der Waals surface area contributed by atoms with Gasteiger partial charge in [0.05, 0.1) is 22.7 Å². The second kappa shape index (κ2) is 8.20. The van der Waals surface area contributed by atoms with Gasteiger partial charge in [-0.25, -0.2) is 0 Å². The van der Waals surface area contributed by atoms with Crippen molar-refractivity contribution >= 4 is 46.1 Å². The molecule has 8 heteroatoms. The molecule has 4 heterocycles. The lowest BCUT2D eigenvalue weighted by molar-refractivity contribution is -0.134. The molecular weight excluding hydrogens is 434 g/mol. The molecule has 6 nitrogen and oxygen atoms in total. The molecule has 1 aromatic carbocycles. The summed E-state index contributed by atoms with van der Waals surface area (Å²) in [6, 6.07) is 13.8. The lowest BCUT2D eigenvalue weighted by atomic mass is 10.0. The molecule has 0 aliphatic carbocycles. The number of fused-ring (bicyclic) bond motifs is 1. The van der Waals surface area contributed by atoms with Crippen molar-refractivity contribution in [2.45, 2.75) is 24.3 Å². The molecule has 2 amide bonds. The van der Waals surface area contributed by atoms with Crippen molar-refractivity contribution in [3.8, 4) is 11.3 Å². The summed E-state index contributed by atoms with van der Waals surface area (Å²) in [6.07, 6.45) is 3.27. The van der Waals surface area contributed by atoms with E-state index >= 15 is 0 Å². The third kappa shape index (κ3) is 3.70. The molecule has 1 spiro atoms. The van der Waals surface area contributed by atoms with Crippen LogP contribution in [0, 0.1) is 0 Å². The Bertz CT molecular complexity index is 1130. The minimum absolute atomic E-state index is 0.00164. The number of hydrogen-bond acceptors (Lipinski definition) is 5.